The summed E-state index contributed by atoms with van der Waals surface area (Å²) in [5, 5.41) is -0.204. The first-order valence-electron chi connectivity index (χ1n) is 11.0. The number of alkyl halides is 4. The van der Waals surface area contributed by atoms with Crippen LogP contribution in [0.2, 0.25) is 0 Å². The minimum Gasteiger partial charge on any atom is -0.431 e. The van der Waals surface area contributed by atoms with E-state index in [9.17, 15) is 17.6 Å². The van der Waals surface area contributed by atoms with E-state index < -0.39 is 59.0 Å². The van der Waals surface area contributed by atoms with E-state index in [2.05, 4.69) is 0 Å². The summed E-state index contributed by atoms with van der Waals surface area (Å²) < 4.78 is 92.4. The van der Waals surface area contributed by atoms with Gasteiger partial charge in [0.25, 0.3) is 5.92 Å². The number of halogens is 6. The monoisotopic (exact) mass is 464 g/mol. The minimum atomic E-state index is -3.92. The van der Waals surface area contributed by atoms with Crippen molar-refractivity contribution in [2.24, 2.45) is 17.8 Å². The van der Waals surface area contributed by atoms with Gasteiger partial charge in [0.15, 0.2) is 11.6 Å². The van der Waals surface area contributed by atoms with Gasteiger partial charge in [-0.1, -0.05) is 56.7 Å². The van der Waals surface area contributed by atoms with E-state index in [-0.39, 0.29) is 16.5 Å². The maximum atomic E-state index is 15.2. The Morgan fingerprint density at radius 2 is 1.64 bits per heavy atom. The maximum Gasteiger partial charge on any atom is 0.401 e. The van der Waals surface area contributed by atoms with Crippen molar-refractivity contribution >= 4 is 10.8 Å². The first kappa shape index (κ1) is 22.1. The second-order valence-electron chi connectivity index (χ2n) is 9.11. The number of fused-ring (bicyclic) bond motifs is 3. The zero-order chi connectivity index (χ0) is 23.7. The van der Waals surface area contributed by atoms with E-state index in [1.165, 1.54) is 25.1 Å². The molecule has 0 bridgehead atoms. The highest BCUT2D eigenvalue weighted by molar-refractivity contribution is 5.94. The van der Waals surface area contributed by atoms with Crippen LogP contribution in [-0.4, -0.2) is 12.0 Å². The van der Waals surface area contributed by atoms with E-state index in [0.717, 1.165) is 18.4 Å². The molecule has 3 atom stereocenters. The molecule has 7 heteroatoms. The lowest BCUT2D eigenvalue weighted by molar-refractivity contribution is -0.232. The molecule has 3 aromatic rings. The molecule has 1 heterocycles. The van der Waals surface area contributed by atoms with Crippen molar-refractivity contribution in [2.45, 2.75) is 45.1 Å². The summed E-state index contributed by atoms with van der Waals surface area (Å²) in [6.45, 7) is 3.26. The van der Waals surface area contributed by atoms with Crippen LogP contribution in [0.4, 0.5) is 26.3 Å². The summed E-state index contributed by atoms with van der Waals surface area (Å²) in [6.07, 6.45) is -2.51. The lowest BCUT2D eigenvalue weighted by Gasteiger charge is -2.34. The fraction of sp³-hybridized carbons (Fsp3) is 0.385. The Labute approximate surface area is 187 Å². The summed E-state index contributed by atoms with van der Waals surface area (Å²) >= 11 is 0. The van der Waals surface area contributed by atoms with Crippen molar-refractivity contribution in [1.82, 2.24) is 0 Å². The summed E-state index contributed by atoms with van der Waals surface area (Å²) in [7, 11) is 0. The number of ether oxygens (including phenoxy) is 1. The van der Waals surface area contributed by atoms with Gasteiger partial charge >= 0.3 is 6.11 Å². The molecule has 1 fully saturated rings. The standard InChI is InChI=1S/C26H22F6O/c1-3-4-14-5-7-15(8-6-14)18-11-16-9-10-17-12-19(21-13(2)25(21,29)30)26(31,32)33-24(17)20(16)23(28)22(18)27/h5-11,13,19,21H,3-4,12H2,1-2H3/t13?,19?,21-/m0/s1. The van der Waals surface area contributed by atoms with E-state index in [1.807, 2.05) is 19.1 Å². The lowest BCUT2D eigenvalue weighted by Crippen LogP contribution is -2.42. The molecule has 0 spiro atoms. The molecule has 1 saturated carbocycles. The Kier molecular flexibility index (Phi) is 4.96. The molecular formula is C26H22F6O. The number of aryl methyl sites for hydroxylation is 1. The SMILES string of the molecule is CCCc1ccc(-c2cc3ccc4c(c3c(F)c2F)OC(F)(F)C([C@@H]2C(C)C2(F)F)C4)cc1. The Hall–Kier alpha value is -2.70. The lowest BCUT2D eigenvalue weighted by atomic mass is 9.87. The van der Waals surface area contributed by atoms with Gasteiger partial charge in [-0.15, -0.1) is 0 Å². The minimum absolute atomic E-state index is 0.00916. The second-order valence-corrected chi connectivity index (χ2v) is 9.11. The largest absolute Gasteiger partial charge is 0.431 e. The quantitative estimate of drug-likeness (QED) is 0.358. The molecule has 0 saturated heterocycles. The fourth-order valence-corrected chi connectivity index (χ4v) is 5.09. The highest BCUT2D eigenvalue weighted by atomic mass is 19.3. The summed E-state index contributed by atoms with van der Waals surface area (Å²) in [6, 6.07) is 11.4. The van der Waals surface area contributed by atoms with Crippen molar-refractivity contribution in [2.75, 3.05) is 0 Å². The van der Waals surface area contributed by atoms with Gasteiger partial charge in [-0.3, -0.25) is 0 Å². The first-order chi connectivity index (χ1) is 15.6. The van der Waals surface area contributed by atoms with Gasteiger partial charge in [0.1, 0.15) is 5.75 Å². The zero-order valence-corrected chi connectivity index (χ0v) is 18.1. The Bertz CT molecular complexity index is 1230. The van der Waals surface area contributed by atoms with Crippen LogP contribution in [0.15, 0.2) is 42.5 Å². The molecule has 0 radical (unpaired) electrons. The van der Waals surface area contributed by atoms with Crippen molar-refractivity contribution < 1.29 is 31.1 Å². The van der Waals surface area contributed by atoms with Crippen LogP contribution < -0.4 is 4.74 Å². The molecule has 2 aliphatic rings. The first-order valence-corrected chi connectivity index (χ1v) is 11.0. The van der Waals surface area contributed by atoms with E-state index >= 15 is 8.78 Å². The molecule has 2 unspecified atom stereocenters. The van der Waals surface area contributed by atoms with Gasteiger partial charge in [-0.2, -0.15) is 8.78 Å². The van der Waals surface area contributed by atoms with Gasteiger partial charge in [0.2, 0.25) is 0 Å². The molecule has 1 aliphatic carbocycles. The third kappa shape index (κ3) is 3.39. The highest BCUT2D eigenvalue weighted by Crippen LogP contribution is 2.63. The average Bonchev–Trinajstić information content (AvgIpc) is 3.26. The average molecular weight is 464 g/mol. The fourth-order valence-electron chi connectivity index (χ4n) is 5.09. The predicted octanol–water partition coefficient (Wildman–Crippen LogP) is 7.78. The third-order valence-electron chi connectivity index (χ3n) is 7.05. The topological polar surface area (TPSA) is 9.23 Å². The maximum absolute atomic E-state index is 15.2. The van der Waals surface area contributed by atoms with Crippen LogP contribution in [-0.2, 0) is 12.8 Å². The van der Waals surface area contributed by atoms with E-state index in [1.54, 1.807) is 12.1 Å². The normalized spacial score (nSPS) is 24.9. The van der Waals surface area contributed by atoms with Crippen molar-refractivity contribution in [3.8, 4) is 16.9 Å². The molecule has 1 aliphatic heterocycles. The molecular weight excluding hydrogens is 442 g/mol. The molecule has 5 rings (SSSR count). The van der Waals surface area contributed by atoms with Gasteiger partial charge in [0, 0.05) is 17.4 Å². The Balaban J connectivity index is 1.58. The van der Waals surface area contributed by atoms with E-state index in [0.29, 0.717) is 5.56 Å². The third-order valence-corrected chi connectivity index (χ3v) is 7.05. The number of rotatable bonds is 4. The smallest absolute Gasteiger partial charge is 0.401 e. The van der Waals surface area contributed by atoms with Crippen molar-refractivity contribution in [3.05, 3.63) is 65.2 Å². The molecule has 3 aromatic carbocycles. The highest BCUT2D eigenvalue weighted by Gasteiger charge is 2.73. The van der Waals surface area contributed by atoms with Gasteiger partial charge in [-0.05, 0) is 41.0 Å². The van der Waals surface area contributed by atoms with Gasteiger partial charge in [-0.25, -0.2) is 17.6 Å². The van der Waals surface area contributed by atoms with Crippen LogP contribution in [0.5, 0.6) is 5.75 Å². The molecule has 0 aromatic heterocycles. The van der Waals surface area contributed by atoms with Gasteiger partial charge < -0.3 is 4.74 Å². The zero-order valence-electron chi connectivity index (χ0n) is 18.1. The number of benzene rings is 3. The van der Waals surface area contributed by atoms with Crippen molar-refractivity contribution in [1.29, 1.82) is 0 Å². The van der Waals surface area contributed by atoms with Gasteiger partial charge in [0.05, 0.1) is 11.3 Å². The Morgan fingerprint density at radius 1 is 0.970 bits per heavy atom. The van der Waals surface area contributed by atoms with Crippen LogP contribution >= 0.6 is 0 Å². The number of hydrogen-bond donors (Lipinski definition) is 0. The van der Waals surface area contributed by atoms with Crippen LogP contribution in [0.1, 0.15) is 31.4 Å². The summed E-state index contributed by atoms with van der Waals surface area (Å²) in [4.78, 5) is 0. The van der Waals surface area contributed by atoms with E-state index in [4.69, 9.17) is 4.74 Å². The Morgan fingerprint density at radius 3 is 2.24 bits per heavy atom. The predicted molar refractivity (Wildman–Crippen MR) is 114 cm³/mol. The summed E-state index contributed by atoms with van der Waals surface area (Å²) in [5.74, 6) is -10.6. The molecule has 0 N–H and O–H groups in total. The van der Waals surface area contributed by atoms with Crippen LogP contribution in [0, 0.1) is 29.4 Å². The molecule has 0 amide bonds. The molecule has 33 heavy (non-hydrogen) atoms. The molecule has 174 valence electrons. The van der Waals surface area contributed by atoms with Crippen LogP contribution in [0.3, 0.4) is 0 Å². The van der Waals surface area contributed by atoms with Crippen molar-refractivity contribution in [3.63, 3.8) is 0 Å². The van der Waals surface area contributed by atoms with Crippen LogP contribution in [0.25, 0.3) is 21.9 Å². The second kappa shape index (κ2) is 7.40. The summed E-state index contributed by atoms with van der Waals surface area (Å²) in [5.41, 5.74) is 1.71. The number of hydrogen-bond acceptors (Lipinski definition) is 1. The molecule has 1 nitrogen and oxygen atoms in total.